The molecule has 2 heterocycles. The van der Waals surface area contributed by atoms with E-state index in [1.165, 1.54) is 4.90 Å². The summed E-state index contributed by atoms with van der Waals surface area (Å²) in [7, 11) is 0. The predicted octanol–water partition coefficient (Wildman–Crippen LogP) is 3.71. The molecule has 0 radical (unpaired) electrons. The van der Waals surface area contributed by atoms with Crippen molar-refractivity contribution in [2.24, 2.45) is 5.92 Å². The van der Waals surface area contributed by atoms with E-state index in [-0.39, 0.29) is 6.03 Å². The van der Waals surface area contributed by atoms with E-state index in [1.807, 2.05) is 41.8 Å². The predicted molar refractivity (Wildman–Crippen MR) is 98.1 cm³/mol. The standard InChI is InChI=1S/C19H23N3OS/c1-15-6-5-10-20-18(15)12-21-19(23)22-11-9-16(13-22)14-24-17-7-3-2-4-8-17/h2-8,10,16H,9,11-14H2,1H3,(H,21,23). The van der Waals surface area contributed by atoms with Crippen molar-refractivity contribution in [3.05, 3.63) is 59.9 Å². The summed E-state index contributed by atoms with van der Waals surface area (Å²) < 4.78 is 0. The van der Waals surface area contributed by atoms with Gasteiger partial charge in [0.25, 0.3) is 0 Å². The fourth-order valence-electron chi connectivity index (χ4n) is 2.86. The Kier molecular flexibility index (Phi) is 5.75. The quantitative estimate of drug-likeness (QED) is 0.843. The Morgan fingerprint density at radius 2 is 2.12 bits per heavy atom. The number of hydrogen-bond donors (Lipinski definition) is 1. The molecular formula is C19H23N3OS. The molecule has 1 N–H and O–H groups in total. The largest absolute Gasteiger partial charge is 0.332 e. The minimum absolute atomic E-state index is 0.0206. The summed E-state index contributed by atoms with van der Waals surface area (Å²) in [5, 5.41) is 2.99. The number of aryl methyl sites for hydroxylation is 1. The highest BCUT2D eigenvalue weighted by Gasteiger charge is 2.26. The minimum atomic E-state index is 0.0206. The number of rotatable bonds is 5. The Balaban J connectivity index is 1.43. The van der Waals surface area contributed by atoms with Crippen LogP contribution in [0.3, 0.4) is 0 Å². The Hall–Kier alpha value is -2.01. The number of urea groups is 1. The molecule has 126 valence electrons. The van der Waals surface area contributed by atoms with Gasteiger partial charge in [-0.15, -0.1) is 11.8 Å². The van der Waals surface area contributed by atoms with E-state index in [9.17, 15) is 4.79 Å². The van der Waals surface area contributed by atoms with Gasteiger partial charge in [0.1, 0.15) is 0 Å². The van der Waals surface area contributed by atoms with Crippen molar-refractivity contribution >= 4 is 17.8 Å². The molecule has 1 aliphatic rings. The van der Waals surface area contributed by atoms with Crippen LogP contribution in [-0.4, -0.2) is 34.8 Å². The molecule has 3 rings (SSSR count). The lowest BCUT2D eigenvalue weighted by atomic mass is 10.2. The summed E-state index contributed by atoms with van der Waals surface area (Å²) in [4.78, 5) is 19.9. The number of nitrogens with one attached hydrogen (secondary N) is 1. The highest BCUT2D eigenvalue weighted by Crippen LogP contribution is 2.25. The number of hydrogen-bond acceptors (Lipinski definition) is 3. The van der Waals surface area contributed by atoms with Gasteiger partial charge in [-0.1, -0.05) is 24.3 Å². The lowest BCUT2D eigenvalue weighted by Crippen LogP contribution is -2.38. The van der Waals surface area contributed by atoms with Crippen LogP contribution in [0, 0.1) is 12.8 Å². The van der Waals surface area contributed by atoms with E-state index in [1.54, 1.807) is 6.20 Å². The van der Waals surface area contributed by atoms with Crippen molar-refractivity contribution in [2.45, 2.75) is 24.8 Å². The van der Waals surface area contributed by atoms with E-state index in [4.69, 9.17) is 0 Å². The SMILES string of the molecule is Cc1cccnc1CNC(=O)N1CCC(CSc2ccccc2)C1. The Bertz CT molecular complexity index is 677. The van der Waals surface area contributed by atoms with Crippen LogP contribution >= 0.6 is 11.8 Å². The second-order valence-electron chi connectivity index (χ2n) is 6.15. The smallest absolute Gasteiger partial charge is 0.317 e. The van der Waals surface area contributed by atoms with Gasteiger partial charge in [0.05, 0.1) is 12.2 Å². The van der Waals surface area contributed by atoms with E-state index >= 15 is 0 Å². The number of carbonyl (C=O) groups excluding carboxylic acids is 1. The second-order valence-corrected chi connectivity index (χ2v) is 7.24. The zero-order chi connectivity index (χ0) is 16.8. The van der Waals surface area contributed by atoms with Crippen LogP contribution in [0.2, 0.25) is 0 Å². The summed E-state index contributed by atoms with van der Waals surface area (Å²) in [5.74, 6) is 1.63. The van der Waals surface area contributed by atoms with E-state index in [0.717, 1.165) is 36.5 Å². The monoisotopic (exact) mass is 341 g/mol. The van der Waals surface area contributed by atoms with Crippen molar-refractivity contribution in [3.8, 4) is 0 Å². The maximum absolute atomic E-state index is 12.3. The molecule has 1 aromatic heterocycles. The van der Waals surface area contributed by atoms with Gasteiger partial charge in [-0.2, -0.15) is 0 Å². The number of benzene rings is 1. The fourth-order valence-corrected chi connectivity index (χ4v) is 3.91. The molecule has 1 unspecified atom stereocenters. The van der Waals surface area contributed by atoms with Crippen molar-refractivity contribution in [1.82, 2.24) is 15.2 Å². The van der Waals surface area contributed by atoms with Crippen LogP contribution in [0.15, 0.2) is 53.6 Å². The molecule has 1 fully saturated rings. The molecule has 1 saturated heterocycles. The molecule has 24 heavy (non-hydrogen) atoms. The fraction of sp³-hybridized carbons (Fsp3) is 0.368. The van der Waals surface area contributed by atoms with Gasteiger partial charge in [0.15, 0.2) is 0 Å². The number of thioether (sulfide) groups is 1. The first kappa shape index (κ1) is 16.8. The van der Waals surface area contributed by atoms with Gasteiger partial charge >= 0.3 is 6.03 Å². The van der Waals surface area contributed by atoms with E-state index in [2.05, 4.69) is 34.6 Å². The van der Waals surface area contributed by atoms with E-state index in [0.29, 0.717) is 12.5 Å². The van der Waals surface area contributed by atoms with Gasteiger partial charge in [0, 0.05) is 29.9 Å². The maximum Gasteiger partial charge on any atom is 0.317 e. The van der Waals surface area contributed by atoms with Gasteiger partial charge in [0.2, 0.25) is 0 Å². The van der Waals surface area contributed by atoms with Gasteiger partial charge in [-0.3, -0.25) is 4.98 Å². The molecule has 1 aliphatic heterocycles. The first-order valence-corrected chi connectivity index (χ1v) is 9.32. The second kappa shape index (κ2) is 8.20. The normalized spacial score (nSPS) is 17.0. The maximum atomic E-state index is 12.3. The molecule has 0 saturated carbocycles. The van der Waals surface area contributed by atoms with Crippen LogP contribution in [0.25, 0.3) is 0 Å². The lowest BCUT2D eigenvalue weighted by Gasteiger charge is -2.17. The third kappa shape index (κ3) is 4.51. The molecular weight excluding hydrogens is 318 g/mol. The minimum Gasteiger partial charge on any atom is -0.332 e. The number of nitrogens with zero attached hydrogens (tertiary/aromatic N) is 2. The molecule has 2 aromatic rings. The summed E-state index contributed by atoms with van der Waals surface area (Å²) >= 11 is 1.88. The van der Waals surface area contributed by atoms with Gasteiger partial charge in [-0.25, -0.2) is 4.79 Å². The highest BCUT2D eigenvalue weighted by atomic mass is 32.2. The summed E-state index contributed by atoms with van der Waals surface area (Å²) in [5.41, 5.74) is 2.04. The average molecular weight is 341 g/mol. The van der Waals surface area contributed by atoms with Gasteiger partial charge in [-0.05, 0) is 43.0 Å². The molecule has 4 nitrogen and oxygen atoms in total. The summed E-state index contributed by atoms with van der Waals surface area (Å²) in [6.45, 7) is 4.19. The van der Waals surface area contributed by atoms with Crippen LogP contribution < -0.4 is 5.32 Å². The lowest BCUT2D eigenvalue weighted by molar-refractivity contribution is 0.207. The van der Waals surface area contributed by atoms with Crippen molar-refractivity contribution < 1.29 is 4.79 Å². The van der Waals surface area contributed by atoms with Crippen LogP contribution in [-0.2, 0) is 6.54 Å². The Labute approximate surface area is 147 Å². The third-order valence-electron chi connectivity index (χ3n) is 4.33. The van der Waals surface area contributed by atoms with Crippen LogP contribution in [0.1, 0.15) is 17.7 Å². The molecule has 0 aliphatic carbocycles. The first-order chi connectivity index (χ1) is 11.7. The average Bonchev–Trinajstić information content (AvgIpc) is 3.09. The topological polar surface area (TPSA) is 45.2 Å². The molecule has 1 atom stereocenters. The van der Waals surface area contributed by atoms with Crippen molar-refractivity contribution in [3.63, 3.8) is 0 Å². The van der Waals surface area contributed by atoms with Crippen LogP contribution in [0.5, 0.6) is 0 Å². The molecule has 1 aromatic carbocycles. The molecule has 0 bridgehead atoms. The molecule has 2 amide bonds. The Morgan fingerprint density at radius 3 is 2.92 bits per heavy atom. The molecule has 0 spiro atoms. The summed E-state index contributed by atoms with van der Waals surface area (Å²) in [6.07, 6.45) is 2.84. The zero-order valence-electron chi connectivity index (χ0n) is 13.9. The van der Waals surface area contributed by atoms with Gasteiger partial charge < -0.3 is 10.2 Å². The Morgan fingerprint density at radius 1 is 1.29 bits per heavy atom. The number of pyridine rings is 1. The third-order valence-corrected chi connectivity index (χ3v) is 5.57. The highest BCUT2D eigenvalue weighted by molar-refractivity contribution is 7.99. The zero-order valence-corrected chi connectivity index (χ0v) is 14.8. The molecule has 5 heteroatoms. The van der Waals surface area contributed by atoms with Crippen LogP contribution in [0.4, 0.5) is 4.79 Å². The number of carbonyl (C=O) groups is 1. The number of aromatic nitrogens is 1. The first-order valence-electron chi connectivity index (χ1n) is 8.33. The summed E-state index contributed by atoms with van der Waals surface area (Å²) in [6, 6.07) is 14.4. The number of likely N-dealkylation sites (tertiary alicyclic amines) is 1. The van der Waals surface area contributed by atoms with E-state index < -0.39 is 0 Å². The van der Waals surface area contributed by atoms with Crippen molar-refractivity contribution in [1.29, 1.82) is 0 Å². The number of amides is 2. The van der Waals surface area contributed by atoms with Crippen molar-refractivity contribution in [2.75, 3.05) is 18.8 Å².